The summed E-state index contributed by atoms with van der Waals surface area (Å²) in [5.41, 5.74) is 5.59. The summed E-state index contributed by atoms with van der Waals surface area (Å²) in [5.74, 6) is 0. The minimum Gasteiger partial charge on any atom is -0.0842 e. The zero-order valence-corrected chi connectivity index (χ0v) is 12.8. The minimum atomic E-state index is 1.08. The van der Waals surface area contributed by atoms with Crippen LogP contribution in [0.15, 0.2) is 42.5 Å². The van der Waals surface area contributed by atoms with Gasteiger partial charge in [0.15, 0.2) is 0 Å². The van der Waals surface area contributed by atoms with Crippen molar-refractivity contribution in [3.05, 3.63) is 57.2 Å². The molecular formula is C17H15I. The number of benzene rings is 2. The van der Waals surface area contributed by atoms with E-state index in [1.165, 1.54) is 36.6 Å². The first-order chi connectivity index (χ1) is 8.72. The van der Waals surface area contributed by atoms with E-state index < -0.39 is 0 Å². The molecule has 0 aromatic heterocycles. The Balaban J connectivity index is 2.35. The van der Waals surface area contributed by atoms with Crippen LogP contribution in [0.4, 0.5) is 0 Å². The molecule has 1 heteroatoms. The number of rotatable bonds is 2. The van der Waals surface area contributed by atoms with Gasteiger partial charge < -0.3 is 0 Å². The summed E-state index contributed by atoms with van der Waals surface area (Å²) >= 11 is 2.41. The first-order valence-electron chi connectivity index (χ1n) is 6.33. The van der Waals surface area contributed by atoms with Crippen molar-refractivity contribution >= 4 is 44.5 Å². The normalized spacial score (nSPS) is 14.2. The van der Waals surface area contributed by atoms with E-state index in [0.717, 1.165) is 6.42 Å². The van der Waals surface area contributed by atoms with E-state index in [9.17, 15) is 0 Å². The third kappa shape index (κ3) is 1.72. The van der Waals surface area contributed by atoms with Gasteiger partial charge in [-0.2, -0.15) is 0 Å². The molecule has 0 bridgehead atoms. The van der Waals surface area contributed by atoms with Crippen molar-refractivity contribution in [3.8, 4) is 0 Å². The van der Waals surface area contributed by atoms with E-state index in [1.54, 1.807) is 0 Å². The number of allylic oxidation sites excluding steroid dienone is 4. The maximum Gasteiger partial charge on any atom is 0.0142 e. The molecule has 18 heavy (non-hydrogen) atoms. The van der Waals surface area contributed by atoms with Gasteiger partial charge in [-0.05, 0) is 81.1 Å². The molecule has 0 unspecified atom stereocenters. The second-order valence-corrected chi connectivity index (χ2v) is 5.95. The third-order valence-corrected chi connectivity index (χ3v) is 4.18. The van der Waals surface area contributed by atoms with Gasteiger partial charge in [0.2, 0.25) is 0 Å². The van der Waals surface area contributed by atoms with Crippen LogP contribution in [0, 0.1) is 3.57 Å². The molecule has 2 aromatic carbocycles. The molecule has 0 radical (unpaired) electrons. The van der Waals surface area contributed by atoms with Crippen molar-refractivity contribution in [2.75, 3.05) is 0 Å². The highest BCUT2D eigenvalue weighted by Gasteiger charge is 2.19. The molecular weight excluding hydrogens is 331 g/mol. The van der Waals surface area contributed by atoms with Gasteiger partial charge in [-0.1, -0.05) is 37.3 Å². The van der Waals surface area contributed by atoms with Crippen molar-refractivity contribution in [3.63, 3.8) is 0 Å². The number of halogens is 1. The Morgan fingerprint density at radius 3 is 2.78 bits per heavy atom. The lowest BCUT2D eigenvalue weighted by Crippen LogP contribution is -1.82. The zero-order chi connectivity index (χ0) is 12.7. The van der Waals surface area contributed by atoms with Crippen molar-refractivity contribution in [1.82, 2.24) is 0 Å². The average Bonchev–Trinajstić information content (AvgIpc) is 2.62. The lowest BCUT2D eigenvalue weighted by Gasteiger charge is -2.04. The molecule has 0 fully saturated rings. The fourth-order valence-corrected chi connectivity index (χ4v) is 3.36. The topological polar surface area (TPSA) is 0 Å². The van der Waals surface area contributed by atoms with Crippen LogP contribution in [0.5, 0.6) is 0 Å². The third-order valence-electron chi connectivity index (χ3n) is 3.56. The van der Waals surface area contributed by atoms with E-state index in [4.69, 9.17) is 0 Å². The largest absolute Gasteiger partial charge is 0.0842 e. The highest BCUT2D eigenvalue weighted by molar-refractivity contribution is 14.1. The molecule has 0 aliphatic heterocycles. The molecule has 90 valence electrons. The summed E-state index contributed by atoms with van der Waals surface area (Å²) in [5, 5.41) is 2.78. The first kappa shape index (κ1) is 12.0. The van der Waals surface area contributed by atoms with Gasteiger partial charge >= 0.3 is 0 Å². The molecule has 2 aromatic rings. The predicted octanol–water partition coefficient (Wildman–Crippen LogP) is 5.65. The molecule has 0 saturated heterocycles. The van der Waals surface area contributed by atoms with Crippen LogP contribution in [-0.4, -0.2) is 0 Å². The monoisotopic (exact) mass is 346 g/mol. The molecule has 0 amide bonds. The Morgan fingerprint density at radius 2 is 2.00 bits per heavy atom. The van der Waals surface area contributed by atoms with Gasteiger partial charge in [0.1, 0.15) is 0 Å². The van der Waals surface area contributed by atoms with Crippen LogP contribution in [-0.2, 0) is 0 Å². The van der Waals surface area contributed by atoms with E-state index in [1.807, 2.05) is 0 Å². The quantitative estimate of drug-likeness (QED) is 0.616. The molecule has 0 nitrogen and oxygen atoms in total. The highest BCUT2D eigenvalue weighted by atomic mass is 127. The van der Waals surface area contributed by atoms with Gasteiger partial charge in [-0.25, -0.2) is 0 Å². The summed E-state index contributed by atoms with van der Waals surface area (Å²) in [6.45, 7) is 4.41. The van der Waals surface area contributed by atoms with Crippen molar-refractivity contribution in [2.24, 2.45) is 0 Å². The van der Waals surface area contributed by atoms with Crippen molar-refractivity contribution in [2.45, 2.75) is 20.3 Å². The number of hydrogen-bond donors (Lipinski definition) is 0. The van der Waals surface area contributed by atoms with Crippen LogP contribution < -0.4 is 0 Å². The van der Waals surface area contributed by atoms with Gasteiger partial charge in [-0.3, -0.25) is 0 Å². The molecule has 0 heterocycles. The van der Waals surface area contributed by atoms with Gasteiger partial charge in [0, 0.05) is 3.57 Å². The lowest BCUT2D eigenvalue weighted by atomic mass is 10.0. The minimum absolute atomic E-state index is 1.08. The Bertz CT molecular complexity index is 690. The van der Waals surface area contributed by atoms with Crippen LogP contribution in [0.1, 0.15) is 31.4 Å². The molecule has 0 N–H and O–H groups in total. The van der Waals surface area contributed by atoms with Crippen LogP contribution in [0.3, 0.4) is 0 Å². The molecule has 3 rings (SSSR count). The summed E-state index contributed by atoms with van der Waals surface area (Å²) in [6, 6.07) is 11.2. The molecule has 0 spiro atoms. The van der Waals surface area contributed by atoms with E-state index >= 15 is 0 Å². The molecule has 1 aliphatic rings. The average molecular weight is 346 g/mol. The highest BCUT2D eigenvalue weighted by Crippen LogP contribution is 2.43. The summed E-state index contributed by atoms with van der Waals surface area (Å²) in [7, 11) is 0. The summed E-state index contributed by atoms with van der Waals surface area (Å²) in [4.78, 5) is 0. The molecule has 1 aliphatic carbocycles. The Hall–Kier alpha value is -1.09. The van der Waals surface area contributed by atoms with Crippen molar-refractivity contribution < 1.29 is 0 Å². The van der Waals surface area contributed by atoms with E-state index in [2.05, 4.69) is 78.9 Å². The summed E-state index contributed by atoms with van der Waals surface area (Å²) < 4.78 is 1.31. The van der Waals surface area contributed by atoms with Gasteiger partial charge in [-0.15, -0.1) is 0 Å². The summed E-state index contributed by atoms with van der Waals surface area (Å²) in [6.07, 6.45) is 5.60. The lowest BCUT2D eigenvalue weighted by molar-refractivity contribution is 1.23. The van der Waals surface area contributed by atoms with E-state index in [0.29, 0.717) is 0 Å². The van der Waals surface area contributed by atoms with Gasteiger partial charge in [0.25, 0.3) is 0 Å². The smallest absolute Gasteiger partial charge is 0.0142 e. The Kier molecular flexibility index (Phi) is 3.02. The standard InChI is InChI=1S/C17H15I/c1-3-4-7-14-11(2)16-10-13(18)9-12-6-5-8-15(14)17(12)16/h4-10H,3H2,1-2H3/b7-4-. The van der Waals surface area contributed by atoms with Crippen LogP contribution >= 0.6 is 22.6 Å². The van der Waals surface area contributed by atoms with Gasteiger partial charge in [0.05, 0.1) is 0 Å². The van der Waals surface area contributed by atoms with Crippen molar-refractivity contribution in [1.29, 1.82) is 0 Å². The fourth-order valence-electron chi connectivity index (χ4n) is 2.71. The second-order valence-electron chi connectivity index (χ2n) is 4.71. The van der Waals surface area contributed by atoms with Crippen LogP contribution in [0.2, 0.25) is 0 Å². The van der Waals surface area contributed by atoms with Crippen LogP contribution in [0.25, 0.3) is 21.9 Å². The maximum atomic E-state index is 2.41. The predicted molar refractivity (Wildman–Crippen MR) is 88.6 cm³/mol. The zero-order valence-electron chi connectivity index (χ0n) is 10.6. The molecule has 0 atom stereocenters. The number of hydrogen-bond acceptors (Lipinski definition) is 0. The Morgan fingerprint density at radius 1 is 1.17 bits per heavy atom. The maximum absolute atomic E-state index is 2.41. The SMILES string of the molecule is CC/C=C\C1=C(C)c2cc(I)cc3cccc1c23. The first-order valence-corrected chi connectivity index (χ1v) is 7.40. The second kappa shape index (κ2) is 4.54. The molecule has 0 saturated carbocycles. The van der Waals surface area contributed by atoms with E-state index in [-0.39, 0.29) is 0 Å². The Labute approximate surface area is 122 Å². The fraction of sp³-hybridized carbons (Fsp3) is 0.176.